The molecule has 0 spiro atoms. The average molecular weight is 491 g/mol. The Morgan fingerprint density at radius 1 is 1.09 bits per heavy atom. The molecule has 2 fully saturated rings. The van der Waals surface area contributed by atoms with Gasteiger partial charge in [-0.15, -0.1) is 0 Å². The van der Waals surface area contributed by atoms with Gasteiger partial charge in [0.05, 0.1) is 17.5 Å². The number of ketones is 1. The highest BCUT2D eigenvalue weighted by molar-refractivity contribution is 7.88. The number of amides is 2. The maximum atomic E-state index is 13.5. The quantitative estimate of drug-likeness (QED) is 0.470. The van der Waals surface area contributed by atoms with Crippen molar-refractivity contribution in [2.75, 3.05) is 24.7 Å². The van der Waals surface area contributed by atoms with Crippen molar-refractivity contribution in [3.05, 3.63) is 52.1 Å². The second-order valence-electron chi connectivity index (χ2n) is 9.15. The third kappa shape index (κ3) is 4.14. The molecule has 1 aromatic heterocycles. The lowest BCUT2D eigenvalue weighted by molar-refractivity contribution is -0.117. The van der Waals surface area contributed by atoms with Gasteiger partial charge in [-0.25, -0.2) is 17.1 Å². The fraction of sp³-hybridized carbons (Fsp3) is 0.435. The second-order valence-corrected chi connectivity index (χ2v) is 11.1. The van der Waals surface area contributed by atoms with Gasteiger partial charge in [-0.05, 0) is 61.9 Å². The highest BCUT2D eigenvalue weighted by atomic mass is 32.2. The molecule has 2 heterocycles. The zero-order chi connectivity index (χ0) is 25.1. The number of aryl methyl sites for hydroxylation is 1. The van der Waals surface area contributed by atoms with Crippen LogP contribution in [-0.2, 0) is 21.9 Å². The van der Waals surface area contributed by atoms with Crippen LogP contribution in [0, 0.1) is 38.4 Å². The second kappa shape index (κ2) is 8.31. The van der Waals surface area contributed by atoms with E-state index in [-0.39, 0.29) is 35.0 Å². The zero-order valence-corrected chi connectivity index (χ0v) is 20.4. The highest BCUT2D eigenvalue weighted by Crippen LogP contribution is 2.46. The predicted octanol–water partition coefficient (Wildman–Crippen LogP) is 1.53. The normalized spacial score (nSPS) is 21.8. The highest BCUT2D eigenvalue weighted by Gasteiger charge is 2.58. The summed E-state index contributed by atoms with van der Waals surface area (Å²) < 4.78 is 39.8. The van der Waals surface area contributed by atoms with Crippen LogP contribution in [0.25, 0.3) is 0 Å². The van der Waals surface area contributed by atoms with Crippen molar-refractivity contribution in [3.8, 4) is 0 Å². The Balaban J connectivity index is 1.48. The van der Waals surface area contributed by atoms with Crippen LogP contribution in [0.15, 0.2) is 18.2 Å². The number of anilines is 1. The molecule has 0 radical (unpaired) electrons. The summed E-state index contributed by atoms with van der Waals surface area (Å²) in [5, 5.41) is 5.45. The fourth-order valence-corrected chi connectivity index (χ4v) is 5.73. The molecule has 0 bridgehead atoms. The predicted molar refractivity (Wildman–Crippen MR) is 124 cm³/mol. The Bertz CT molecular complexity index is 1320. The monoisotopic (exact) mass is 490 g/mol. The maximum absolute atomic E-state index is 13.5. The van der Waals surface area contributed by atoms with E-state index in [9.17, 15) is 27.2 Å². The van der Waals surface area contributed by atoms with Gasteiger partial charge in [0, 0.05) is 37.6 Å². The lowest BCUT2D eigenvalue weighted by Crippen LogP contribution is -2.40. The summed E-state index contributed by atoms with van der Waals surface area (Å²) in [5.41, 5.74) is 2.07. The molecule has 0 unspecified atom stereocenters. The lowest BCUT2D eigenvalue weighted by Gasteiger charge is -2.17. The number of hydrogen-bond donors (Lipinski definition) is 2. The van der Waals surface area contributed by atoms with Crippen molar-refractivity contribution < 1.29 is 27.2 Å². The molecular weight excluding hydrogens is 463 g/mol. The Kier molecular flexibility index (Phi) is 5.89. The molecule has 1 saturated heterocycles. The van der Waals surface area contributed by atoms with Crippen LogP contribution in [0.2, 0.25) is 0 Å². The van der Waals surface area contributed by atoms with Crippen molar-refractivity contribution in [1.29, 1.82) is 0 Å². The van der Waals surface area contributed by atoms with E-state index in [0.29, 0.717) is 35.6 Å². The van der Waals surface area contributed by atoms with Gasteiger partial charge in [-0.3, -0.25) is 14.4 Å². The molecule has 11 heteroatoms. The summed E-state index contributed by atoms with van der Waals surface area (Å²) >= 11 is 0. The number of nitrogens with zero attached hydrogens (tertiary/aromatic N) is 2. The Morgan fingerprint density at radius 3 is 2.26 bits per heavy atom. The minimum absolute atomic E-state index is 0.00299. The SMILES string of the molecule is Cc1cc(NC(=O)c2c(C)c(C(=O)C(=O)N[C@@H]3[C@@H]4CN(S(C)(=O)=O)C[C@@H]43)n(C)c2C)ccc1F. The molecule has 2 amide bonds. The summed E-state index contributed by atoms with van der Waals surface area (Å²) in [6, 6.07) is 3.99. The first-order chi connectivity index (χ1) is 15.8. The van der Waals surface area contributed by atoms with E-state index in [2.05, 4.69) is 10.6 Å². The van der Waals surface area contributed by atoms with Crippen molar-refractivity contribution in [2.24, 2.45) is 18.9 Å². The van der Waals surface area contributed by atoms with Gasteiger partial charge in [-0.1, -0.05) is 0 Å². The van der Waals surface area contributed by atoms with E-state index >= 15 is 0 Å². The number of carbonyl (C=O) groups excluding carboxylic acids is 3. The molecule has 4 rings (SSSR count). The number of piperidine rings is 1. The summed E-state index contributed by atoms with van der Waals surface area (Å²) in [7, 11) is -1.66. The van der Waals surface area contributed by atoms with E-state index in [0.717, 1.165) is 6.26 Å². The van der Waals surface area contributed by atoms with Crippen LogP contribution in [0.1, 0.15) is 37.7 Å². The van der Waals surface area contributed by atoms with Crippen LogP contribution in [0.3, 0.4) is 0 Å². The van der Waals surface area contributed by atoms with Crippen molar-refractivity contribution in [2.45, 2.75) is 26.8 Å². The first kappa shape index (κ1) is 24.1. The van der Waals surface area contributed by atoms with E-state index in [1.54, 1.807) is 27.8 Å². The number of hydrogen-bond acceptors (Lipinski definition) is 5. The van der Waals surface area contributed by atoms with Crippen LogP contribution in [0.5, 0.6) is 0 Å². The van der Waals surface area contributed by atoms with Gasteiger partial charge in [0.25, 0.3) is 17.6 Å². The maximum Gasteiger partial charge on any atom is 0.294 e. The molecule has 3 atom stereocenters. The van der Waals surface area contributed by atoms with Gasteiger partial charge in [0.1, 0.15) is 5.82 Å². The number of Topliss-reactive ketones (excluding diaryl/α,β-unsaturated/α-hetero) is 1. The van der Waals surface area contributed by atoms with Gasteiger partial charge < -0.3 is 15.2 Å². The largest absolute Gasteiger partial charge is 0.346 e. The van der Waals surface area contributed by atoms with Crippen LogP contribution in [0.4, 0.5) is 10.1 Å². The third-order valence-corrected chi connectivity index (χ3v) is 8.16. The number of carbonyl (C=O) groups is 3. The summed E-state index contributed by atoms with van der Waals surface area (Å²) in [6.07, 6.45) is 1.15. The Hall–Kier alpha value is -3.05. The summed E-state index contributed by atoms with van der Waals surface area (Å²) in [5.74, 6) is -2.38. The smallest absolute Gasteiger partial charge is 0.294 e. The van der Waals surface area contributed by atoms with Gasteiger partial charge >= 0.3 is 0 Å². The van der Waals surface area contributed by atoms with Gasteiger partial charge in [0.2, 0.25) is 10.0 Å². The van der Waals surface area contributed by atoms with Crippen molar-refractivity contribution in [1.82, 2.24) is 14.2 Å². The summed E-state index contributed by atoms with van der Waals surface area (Å²) in [4.78, 5) is 38.7. The first-order valence-electron chi connectivity index (χ1n) is 10.8. The first-order valence-corrected chi connectivity index (χ1v) is 12.7. The molecule has 1 aliphatic carbocycles. The van der Waals surface area contributed by atoms with E-state index in [4.69, 9.17) is 0 Å². The van der Waals surface area contributed by atoms with Crippen LogP contribution in [-0.4, -0.2) is 60.3 Å². The number of sulfonamides is 1. The molecular formula is C23H27FN4O5S. The molecule has 1 aromatic carbocycles. The topological polar surface area (TPSA) is 118 Å². The molecule has 2 aromatic rings. The Morgan fingerprint density at radius 2 is 1.71 bits per heavy atom. The number of benzene rings is 1. The van der Waals surface area contributed by atoms with E-state index in [1.807, 2.05) is 0 Å². The minimum Gasteiger partial charge on any atom is -0.346 e. The van der Waals surface area contributed by atoms with Gasteiger partial charge in [0.15, 0.2) is 0 Å². The number of fused-ring (bicyclic) bond motifs is 1. The molecule has 2 N–H and O–H groups in total. The number of aromatic nitrogens is 1. The molecule has 1 aliphatic heterocycles. The standard InChI is InChI=1S/C23H27FN4O5S/c1-11-8-14(6-7-17(11)24)25-22(30)18-12(2)20(27(4)13(18)3)21(29)23(31)26-19-15-9-28(10-16(15)19)34(5,32)33/h6-8,15-16,19H,9-10H2,1-5H3,(H,25,30)(H,26,31)/t15-,16+,19-. The number of halogens is 1. The van der Waals surface area contributed by atoms with Crippen molar-refractivity contribution >= 4 is 33.3 Å². The zero-order valence-electron chi connectivity index (χ0n) is 19.6. The van der Waals surface area contributed by atoms with E-state index < -0.39 is 27.6 Å². The average Bonchev–Trinajstić information content (AvgIpc) is 3.07. The van der Waals surface area contributed by atoms with Crippen LogP contribution >= 0.6 is 0 Å². The number of nitrogens with one attached hydrogen (secondary N) is 2. The summed E-state index contributed by atoms with van der Waals surface area (Å²) in [6.45, 7) is 5.54. The van der Waals surface area contributed by atoms with Crippen molar-refractivity contribution in [3.63, 3.8) is 0 Å². The molecule has 9 nitrogen and oxygen atoms in total. The lowest BCUT2D eigenvalue weighted by atomic mass is 10.1. The number of rotatable bonds is 6. The van der Waals surface area contributed by atoms with Gasteiger partial charge in [-0.2, -0.15) is 0 Å². The minimum atomic E-state index is -3.27. The molecule has 34 heavy (non-hydrogen) atoms. The fourth-order valence-electron chi connectivity index (χ4n) is 4.85. The van der Waals surface area contributed by atoms with Crippen LogP contribution < -0.4 is 10.6 Å². The molecule has 2 aliphatic rings. The Labute approximate surface area is 197 Å². The molecule has 182 valence electrons. The molecule has 1 saturated carbocycles. The van der Waals surface area contributed by atoms with E-state index in [1.165, 1.54) is 27.1 Å². The third-order valence-electron chi connectivity index (χ3n) is 6.92.